The molecule has 1 aromatic heterocycles. The van der Waals surface area contributed by atoms with E-state index in [2.05, 4.69) is 45.0 Å². The Morgan fingerprint density at radius 2 is 1.84 bits per heavy atom. The monoisotopic (exact) mass is 257 g/mol. The molecule has 0 aliphatic carbocycles. The number of benzene rings is 1. The summed E-state index contributed by atoms with van der Waals surface area (Å²) in [7, 11) is 0. The number of aryl methyl sites for hydroxylation is 1. The van der Waals surface area contributed by atoms with Crippen molar-refractivity contribution in [3.63, 3.8) is 0 Å². The lowest BCUT2D eigenvalue weighted by atomic mass is 10.1. The van der Waals surface area contributed by atoms with Crippen LogP contribution in [0.2, 0.25) is 0 Å². The first-order valence-corrected chi connectivity index (χ1v) is 6.37. The average Bonchev–Trinajstić information content (AvgIpc) is 2.46. The molecule has 0 amide bonds. The van der Waals surface area contributed by atoms with Crippen molar-refractivity contribution in [2.24, 2.45) is 5.84 Å². The van der Waals surface area contributed by atoms with Crippen LogP contribution in [-0.4, -0.2) is 16.5 Å². The van der Waals surface area contributed by atoms with Gasteiger partial charge in [-0.2, -0.15) is 0 Å². The van der Waals surface area contributed by atoms with Gasteiger partial charge >= 0.3 is 0 Å². The molecule has 5 heteroatoms. The van der Waals surface area contributed by atoms with Crippen LogP contribution in [0, 0.1) is 6.92 Å². The summed E-state index contributed by atoms with van der Waals surface area (Å²) in [6.45, 7) is 2.81. The minimum Gasteiger partial charge on any atom is -0.370 e. The van der Waals surface area contributed by atoms with E-state index in [1.807, 2.05) is 13.0 Å². The molecule has 5 nitrogen and oxygen atoms in total. The summed E-state index contributed by atoms with van der Waals surface area (Å²) in [5.41, 5.74) is 4.85. The second-order valence-electron chi connectivity index (χ2n) is 4.36. The van der Waals surface area contributed by atoms with E-state index in [0.29, 0.717) is 5.82 Å². The molecule has 0 saturated heterocycles. The van der Waals surface area contributed by atoms with Crippen molar-refractivity contribution in [2.75, 3.05) is 17.3 Å². The van der Waals surface area contributed by atoms with Crippen molar-refractivity contribution in [1.82, 2.24) is 9.97 Å². The van der Waals surface area contributed by atoms with Gasteiger partial charge in [0.15, 0.2) is 0 Å². The van der Waals surface area contributed by atoms with Gasteiger partial charge in [0.2, 0.25) is 0 Å². The maximum Gasteiger partial charge on any atom is 0.148 e. The van der Waals surface area contributed by atoms with Crippen LogP contribution in [0.15, 0.2) is 36.7 Å². The van der Waals surface area contributed by atoms with Gasteiger partial charge in [-0.3, -0.25) is 0 Å². The molecule has 0 aliphatic rings. The van der Waals surface area contributed by atoms with Gasteiger partial charge in [0.1, 0.15) is 18.0 Å². The smallest absolute Gasteiger partial charge is 0.148 e. The molecule has 2 aromatic rings. The highest BCUT2D eigenvalue weighted by Gasteiger charge is 2.04. The summed E-state index contributed by atoms with van der Waals surface area (Å²) >= 11 is 0. The van der Waals surface area contributed by atoms with E-state index in [1.165, 1.54) is 11.9 Å². The fourth-order valence-corrected chi connectivity index (χ4v) is 1.92. The van der Waals surface area contributed by atoms with Gasteiger partial charge in [-0.1, -0.05) is 30.3 Å². The van der Waals surface area contributed by atoms with Crippen molar-refractivity contribution in [3.8, 4) is 0 Å². The molecule has 1 heterocycles. The maximum absolute atomic E-state index is 5.38. The SMILES string of the molecule is Cc1c(NN)ncnc1NCCCc1ccccc1. The zero-order chi connectivity index (χ0) is 13.5. The van der Waals surface area contributed by atoms with Gasteiger partial charge in [-0.25, -0.2) is 15.8 Å². The van der Waals surface area contributed by atoms with Crippen LogP contribution in [0.3, 0.4) is 0 Å². The third-order valence-electron chi connectivity index (χ3n) is 3.00. The molecule has 0 unspecified atom stereocenters. The number of nitrogens with one attached hydrogen (secondary N) is 2. The Bertz CT molecular complexity index is 512. The van der Waals surface area contributed by atoms with Gasteiger partial charge in [-0.05, 0) is 25.3 Å². The molecule has 0 aliphatic heterocycles. The molecule has 0 bridgehead atoms. The summed E-state index contributed by atoms with van der Waals surface area (Å²) in [6.07, 6.45) is 3.61. The van der Waals surface area contributed by atoms with Gasteiger partial charge < -0.3 is 10.7 Å². The number of hydrazine groups is 1. The Balaban J connectivity index is 1.83. The van der Waals surface area contributed by atoms with Crippen molar-refractivity contribution in [2.45, 2.75) is 19.8 Å². The van der Waals surface area contributed by atoms with E-state index in [1.54, 1.807) is 0 Å². The predicted molar refractivity (Wildman–Crippen MR) is 77.8 cm³/mol. The quantitative estimate of drug-likeness (QED) is 0.420. The van der Waals surface area contributed by atoms with Gasteiger partial charge in [0.25, 0.3) is 0 Å². The Hall–Kier alpha value is -2.14. The van der Waals surface area contributed by atoms with E-state index in [9.17, 15) is 0 Å². The van der Waals surface area contributed by atoms with Gasteiger partial charge in [0, 0.05) is 12.1 Å². The summed E-state index contributed by atoms with van der Waals surface area (Å²) in [6, 6.07) is 10.5. The summed E-state index contributed by atoms with van der Waals surface area (Å²) in [4.78, 5) is 8.26. The summed E-state index contributed by atoms with van der Waals surface area (Å²) < 4.78 is 0. The number of nitrogens with zero attached hydrogens (tertiary/aromatic N) is 2. The zero-order valence-corrected chi connectivity index (χ0v) is 11.1. The van der Waals surface area contributed by atoms with E-state index >= 15 is 0 Å². The lowest BCUT2D eigenvalue weighted by molar-refractivity contribution is 0.856. The number of anilines is 2. The van der Waals surface area contributed by atoms with Crippen LogP contribution in [0.25, 0.3) is 0 Å². The first-order chi connectivity index (χ1) is 9.31. The Kier molecular flexibility index (Phi) is 4.69. The lowest BCUT2D eigenvalue weighted by Crippen LogP contribution is -2.13. The van der Waals surface area contributed by atoms with E-state index < -0.39 is 0 Å². The highest BCUT2D eigenvalue weighted by molar-refractivity contribution is 5.55. The number of aromatic nitrogens is 2. The van der Waals surface area contributed by atoms with E-state index in [4.69, 9.17) is 5.84 Å². The Morgan fingerprint density at radius 1 is 1.11 bits per heavy atom. The van der Waals surface area contributed by atoms with Crippen molar-refractivity contribution in [1.29, 1.82) is 0 Å². The molecule has 100 valence electrons. The second-order valence-corrected chi connectivity index (χ2v) is 4.36. The molecule has 0 spiro atoms. The molecular formula is C14H19N5. The number of nitrogen functional groups attached to an aromatic ring is 1. The fraction of sp³-hybridized carbons (Fsp3) is 0.286. The lowest BCUT2D eigenvalue weighted by Gasteiger charge is -2.10. The molecular weight excluding hydrogens is 238 g/mol. The number of hydrogen-bond donors (Lipinski definition) is 3. The topological polar surface area (TPSA) is 75.9 Å². The van der Waals surface area contributed by atoms with Gasteiger partial charge in [-0.15, -0.1) is 0 Å². The second kappa shape index (κ2) is 6.70. The van der Waals surface area contributed by atoms with Crippen LogP contribution in [0.5, 0.6) is 0 Å². The number of rotatable bonds is 6. The Labute approximate surface area is 113 Å². The molecule has 1 aromatic carbocycles. The standard InChI is InChI=1S/C14H19N5/c1-11-13(17-10-18-14(11)19-15)16-9-5-8-12-6-3-2-4-7-12/h2-4,6-7,10H,5,8-9,15H2,1H3,(H2,16,17,18,19). The maximum atomic E-state index is 5.38. The number of hydrogen-bond acceptors (Lipinski definition) is 5. The van der Waals surface area contributed by atoms with Crippen LogP contribution in [0.1, 0.15) is 17.5 Å². The minimum atomic E-state index is 0.653. The van der Waals surface area contributed by atoms with Crippen molar-refractivity contribution < 1.29 is 0 Å². The van der Waals surface area contributed by atoms with E-state index in [0.717, 1.165) is 30.8 Å². The minimum absolute atomic E-state index is 0.653. The number of nitrogens with two attached hydrogens (primary N) is 1. The molecule has 19 heavy (non-hydrogen) atoms. The molecule has 0 radical (unpaired) electrons. The third kappa shape index (κ3) is 3.66. The molecule has 0 saturated carbocycles. The van der Waals surface area contributed by atoms with Crippen molar-refractivity contribution >= 4 is 11.6 Å². The Morgan fingerprint density at radius 3 is 2.58 bits per heavy atom. The third-order valence-corrected chi connectivity index (χ3v) is 3.00. The molecule has 0 atom stereocenters. The first kappa shape index (κ1) is 13.3. The molecule has 0 fully saturated rings. The summed E-state index contributed by atoms with van der Waals surface area (Å²) in [5, 5.41) is 3.31. The molecule has 4 N–H and O–H groups in total. The molecule has 2 rings (SSSR count). The first-order valence-electron chi connectivity index (χ1n) is 6.37. The van der Waals surface area contributed by atoms with Crippen LogP contribution in [0.4, 0.5) is 11.6 Å². The average molecular weight is 257 g/mol. The zero-order valence-electron chi connectivity index (χ0n) is 11.1. The largest absolute Gasteiger partial charge is 0.370 e. The van der Waals surface area contributed by atoms with Crippen LogP contribution in [-0.2, 0) is 6.42 Å². The summed E-state index contributed by atoms with van der Waals surface area (Å²) in [5.74, 6) is 6.87. The normalized spacial score (nSPS) is 10.2. The predicted octanol–water partition coefficient (Wildman–Crippen LogP) is 2.12. The van der Waals surface area contributed by atoms with Crippen molar-refractivity contribution in [3.05, 3.63) is 47.8 Å². The van der Waals surface area contributed by atoms with E-state index in [-0.39, 0.29) is 0 Å². The highest BCUT2D eigenvalue weighted by Crippen LogP contribution is 2.16. The fourth-order valence-electron chi connectivity index (χ4n) is 1.92. The van der Waals surface area contributed by atoms with Gasteiger partial charge in [0.05, 0.1) is 0 Å². The highest BCUT2D eigenvalue weighted by atomic mass is 15.3. The van der Waals surface area contributed by atoms with Crippen LogP contribution < -0.4 is 16.6 Å². The van der Waals surface area contributed by atoms with Crippen LogP contribution >= 0.6 is 0 Å².